The van der Waals surface area contributed by atoms with Crippen LogP contribution in [0.15, 0.2) is 0 Å². The van der Waals surface area contributed by atoms with Gasteiger partial charge in [0.15, 0.2) is 5.82 Å². The van der Waals surface area contributed by atoms with Crippen LogP contribution in [0.25, 0.3) is 10.2 Å². The summed E-state index contributed by atoms with van der Waals surface area (Å²) in [6.07, 6.45) is 0.841. The summed E-state index contributed by atoms with van der Waals surface area (Å²) in [5.41, 5.74) is 6.61. The summed E-state index contributed by atoms with van der Waals surface area (Å²) in [5.74, 6) is 1.31. The van der Waals surface area contributed by atoms with Crippen LogP contribution in [0.1, 0.15) is 41.3 Å². The molecule has 0 bridgehead atoms. The van der Waals surface area contributed by atoms with Crippen LogP contribution in [0.4, 0.5) is 0 Å². The Hall–Kier alpha value is -1.48. The van der Waals surface area contributed by atoms with Gasteiger partial charge in [-0.15, -0.1) is 23.7 Å². The zero-order valence-electron chi connectivity index (χ0n) is 15.8. The normalized spacial score (nSPS) is 12.1. The summed E-state index contributed by atoms with van der Waals surface area (Å²) in [6.45, 7) is 6.80. The van der Waals surface area contributed by atoms with Crippen LogP contribution in [0, 0.1) is 12.8 Å². The molecule has 146 valence electrons. The molecule has 0 spiro atoms. The van der Waals surface area contributed by atoms with E-state index in [1.807, 2.05) is 6.92 Å². The van der Waals surface area contributed by atoms with Gasteiger partial charge in [0.25, 0.3) is 5.91 Å². The molecule has 2 aromatic heterocycles. The van der Waals surface area contributed by atoms with Crippen LogP contribution in [0.3, 0.4) is 0 Å². The Morgan fingerprint density at radius 2 is 2.00 bits per heavy atom. The third-order valence-electron chi connectivity index (χ3n) is 3.85. The summed E-state index contributed by atoms with van der Waals surface area (Å²) in [7, 11) is 3.14. The van der Waals surface area contributed by atoms with E-state index in [9.17, 15) is 4.79 Å². The van der Waals surface area contributed by atoms with Gasteiger partial charge in [0.1, 0.15) is 11.4 Å². The molecule has 0 saturated carbocycles. The Kier molecular flexibility index (Phi) is 8.69. The van der Waals surface area contributed by atoms with Gasteiger partial charge >= 0.3 is 0 Å². The number of amides is 1. The number of nitrogens with two attached hydrogens (primary N) is 1. The van der Waals surface area contributed by atoms with Crippen LogP contribution >= 0.6 is 23.7 Å². The van der Waals surface area contributed by atoms with Crippen molar-refractivity contribution in [3.05, 3.63) is 16.3 Å². The fraction of sp³-hybridized carbons (Fsp3) is 0.588. The molecule has 2 heterocycles. The Balaban J connectivity index is 0.00000338. The second kappa shape index (κ2) is 10.0. The minimum atomic E-state index is -0.132. The fourth-order valence-corrected chi connectivity index (χ4v) is 3.83. The number of ether oxygens (including phenoxy) is 2. The average molecular weight is 403 g/mol. The smallest absolute Gasteiger partial charge is 0.261 e. The summed E-state index contributed by atoms with van der Waals surface area (Å²) in [4.78, 5) is 22.9. The van der Waals surface area contributed by atoms with E-state index in [4.69, 9.17) is 15.2 Å². The Morgan fingerprint density at radius 1 is 1.31 bits per heavy atom. The number of nitrogens with one attached hydrogen (secondary N) is 1. The van der Waals surface area contributed by atoms with Crippen LogP contribution in [0.2, 0.25) is 0 Å². The number of nitrogens with zero attached hydrogens (tertiary/aromatic N) is 2. The molecule has 7 nitrogen and oxygen atoms in total. The van der Waals surface area contributed by atoms with Crippen molar-refractivity contribution in [3.8, 4) is 5.88 Å². The number of aromatic nitrogens is 2. The molecule has 0 radical (unpaired) electrons. The van der Waals surface area contributed by atoms with Gasteiger partial charge in [-0.3, -0.25) is 4.79 Å². The maximum Gasteiger partial charge on any atom is 0.261 e. The van der Waals surface area contributed by atoms with Crippen molar-refractivity contribution in [2.75, 3.05) is 20.8 Å². The molecule has 0 aliphatic carbocycles. The lowest BCUT2D eigenvalue weighted by atomic mass is 10.0. The van der Waals surface area contributed by atoms with E-state index in [-0.39, 0.29) is 31.0 Å². The standard InChI is InChI=1S/C17H26N4O3S.ClH/c1-9(2)6-11(7-18)19-15(22)14-10(3)13-16(24-5)20-12(8-23-4)21-17(13)25-14;/h9,11H,6-8,18H2,1-5H3,(H,19,22);1H. The predicted octanol–water partition coefficient (Wildman–Crippen LogP) is 2.68. The molecular weight excluding hydrogens is 376 g/mol. The first-order chi connectivity index (χ1) is 11.9. The Morgan fingerprint density at radius 3 is 2.54 bits per heavy atom. The summed E-state index contributed by atoms with van der Waals surface area (Å²) in [6, 6.07) is -0.0471. The number of fused-ring (bicyclic) bond motifs is 1. The summed E-state index contributed by atoms with van der Waals surface area (Å²) >= 11 is 1.33. The number of hydrogen-bond acceptors (Lipinski definition) is 7. The van der Waals surface area contributed by atoms with E-state index in [1.54, 1.807) is 14.2 Å². The quantitative estimate of drug-likeness (QED) is 0.704. The number of rotatable bonds is 8. The second-order valence-electron chi connectivity index (χ2n) is 6.35. The molecule has 1 amide bonds. The average Bonchev–Trinajstić information content (AvgIpc) is 2.90. The number of carbonyl (C=O) groups excluding carboxylic acids is 1. The zero-order chi connectivity index (χ0) is 18.6. The number of thiophene rings is 1. The molecule has 0 aliphatic heterocycles. The van der Waals surface area contributed by atoms with E-state index >= 15 is 0 Å². The van der Waals surface area contributed by atoms with Crippen molar-refractivity contribution >= 4 is 39.9 Å². The van der Waals surface area contributed by atoms with Crippen LogP contribution in [0.5, 0.6) is 5.88 Å². The molecule has 2 aromatic rings. The lowest BCUT2D eigenvalue weighted by Gasteiger charge is -2.18. The molecule has 1 atom stereocenters. The molecule has 0 fully saturated rings. The Labute approximate surface area is 164 Å². The molecule has 9 heteroatoms. The fourth-order valence-electron chi connectivity index (χ4n) is 2.74. The molecular formula is C17H27ClN4O3S. The number of hydrogen-bond donors (Lipinski definition) is 2. The van der Waals surface area contributed by atoms with Gasteiger partial charge in [0.2, 0.25) is 5.88 Å². The van der Waals surface area contributed by atoms with E-state index in [2.05, 4.69) is 29.1 Å². The minimum Gasteiger partial charge on any atom is -0.480 e. The van der Waals surface area contributed by atoms with Crippen molar-refractivity contribution in [2.24, 2.45) is 11.7 Å². The van der Waals surface area contributed by atoms with E-state index in [0.717, 1.165) is 22.2 Å². The SMILES string of the molecule is COCc1nc(OC)c2c(C)c(C(=O)NC(CN)CC(C)C)sc2n1.Cl. The number of carbonyl (C=O) groups is 1. The Bertz CT molecular complexity index is 751. The lowest BCUT2D eigenvalue weighted by Crippen LogP contribution is -2.40. The maximum atomic E-state index is 12.7. The molecule has 0 saturated heterocycles. The van der Waals surface area contributed by atoms with Crippen molar-refractivity contribution in [2.45, 2.75) is 39.8 Å². The van der Waals surface area contributed by atoms with Gasteiger partial charge < -0.3 is 20.5 Å². The topological polar surface area (TPSA) is 99.4 Å². The highest BCUT2D eigenvalue weighted by molar-refractivity contribution is 7.20. The second-order valence-corrected chi connectivity index (χ2v) is 7.35. The zero-order valence-corrected chi connectivity index (χ0v) is 17.4. The number of aryl methyl sites for hydroxylation is 1. The van der Waals surface area contributed by atoms with Gasteiger partial charge in [0, 0.05) is 19.7 Å². The van der Waals surface area contributed by atoms with Crippen molar-refractivity contribution in [3.63, 3.8) is 0 Å². The molecule has 0 aliphatic rings. The first-order valence-electron chi connectivity index (χ1n) is 8.25. The first-order valence-corrected chi connectivity index (χ1v) is 9.06. The molecule has 1 unspecified atom stereocenters. The predicted molar refractivity (Wildman–Crippen MR) is 106 cm³/mol. The number of methoxy groups -OCH3 is 2. The van der Waals surface area contributed by atoms with Crippen molar-refractivity contribution in [1.29, 1.82) is 0 Å². The van der Waals surface area contributed by atoms with Crippen molar-refractivity contribution < 1.29 is 14.3 Å². The largest absolute Gasteiger partial charge is 0.480 e. The van der Waals surface area contributed by atoms with Gasteiger partial charge in [0.05, 0.1) is 17.4 Å². The van der Waals surface area contributed by atoms with E-state index in [0.29, 0.717) is 29.0 Å². The molecule has 0 aromatic carbocycles. The third kappa shape index (κ3) is 5.03. The van der Waals surface area contributed by atoms with Crippen LogP contribution < -0.4 is 15.8 Å². The third-order valence-corrected chi connectivity index (χ3v) is 5.04. The van der Waals surface area contributed by atoms with Gasteiger partial charge in [-0.25, -0.2) is 4.98 Å². The maximum absolute atomic E-state index is 12.7. The first kappa shape index (κ1) is 22.6. The van der Waals surface area contributed by atoms with Crippen LogP contribution in [-0.2, 0) is 11.3 Å². The summed E-state index contributed by atoms with van der Waals surface area (Å²) < 4.78 is 10.5. The molecule has 3 N–H and O–H groups in total. The monoisotopic (exact) mass is 402 g/mol. The van der Waals surface area contributed by atoms with Crippen molar-refractivity contribution in [1.82, 2.24) is 15.3 Å². The van der Waals surface area contributed by atoms with E-state index in [1.165, 1.54) is 11.3 Å². The highest BCUT2D eigenvalue weighted by atomic mass is 35.5. The highest BCUT2D eigenvalue weighted by Crippen LogP contribution is 2.35. The van der Waals surface area contributed by atoms with Gasteiger partial charge in [-0.1, -0.05) is 13.8 Å². The number of halogens is 1. The molecule has 26 heavy (non-hydrogen) atoms. The lowest BCUT2D eigenvalue weighted by molar-refractivity contribution is 0.0937. The van der Waals surface area contributed by atoms with Gasteiger partial charge in [-0.05, 0) is 24.8 Å². The minimum absolute atomic E-state index is 0. The highest BCUT2D eigenvalue weighted by Gasteiger charge is 2.22. The van der Waals surface area contributed by atoms with Crippen LogP contribution in [-0.4, -0.2) is 42.7 Å². The van der Waals surface area contributed by atoms with E-state index < -0.39 is 0 Å². The molecule has 2 rings (SSSR count). The summed E-state index contributed by atoms with van der Waals surface area (Å²) in [5, 5.41) is 3.80. The van der Waals surface area contributed by atoms with Gasteiger partial charge in [-0.2, -0.15) is 4.98 Å².